The largest absolute Gasteiger partial charge is 0.348 e. The van der Waals surface area contributed by atoms with E-state index < -0.39 is 5.69 Å². The first-order valence-electron chi connectivity index (χ1n) is 7.17. The molecule has 23 heavy (non-hydrogen) atoms. The quantitative estimate of drug-likeness (QED) is 0.446. The monoisotopic (exact) mass is 331 g/mol. The summed E-state index contributed by atoms with van der Waals surface area (Å²) in [5.41, 5.74) is 1.21. The highest BCUT2D eigenvalue weighted by atomic mass is 35.5. The molecule has 0 aliphatic carbocycles. The number of rotatable bonds is 1. The molecule has 6 nitrogen and oxygen atoms in total. The second-order valence-electron chi connectivity index (χ2n) is 5.21. The highest BCUT2D eigenvalue weighted by Gasteiger charge is 2.31. The number of fused-ring (bicyclic) bond motifs is 1. The van der Waals surface area contributed by atoms with Crippen molar-refractivity contribution in [1.29, 1.82) is 0 Å². The lowest BCUT2D eigenvalue weighted by molar-refractivity contribution is -0.131. The third-order valence-electron chi connectivity index (χ3n) is 3.79. The molecule has 0 radical (unpaired) electrons. The van der Waals surface area contributed by atoms with Crippen LogP contribution in [-0.2, 0) is 16.6 Å². The molecule has 1 aliphatic heterocycles. The predicted octanol–water partition coefficient (Wildman–Crippen LogP) is 1.11. The SMILES string of the molecule is Cn1c(=O)n(N2C(=O)CCCC2=O)c2cccc(C#CCCl)c21. The second-order valence-corrected chi connectivity index (χ2v) is 5.48. The Morgan fingerprint density at radius 3 is 2.52 bits per heavy atom. The van der Waals surface area contributed by atoms with Gasteiger partial charge in [-0.15, -0.1) is 11.6 Å². The number of amides is 2. The molecular weight excluding hydrogens is 318 g/mol. The molecule has 0 unspecified atom stereocenters. The Labute approximate surface area is 137 Å². The van der Waals surface area contributed by atoms with E-state index in [0.717, 1.165) is 9.69 Å². The lowest BCUT2D eigenvalue weighted by atomic mass is 10.1. The Morgan fingerprint density at radius 2 is 1.87 bits per heavy atom. The number of hydrogen-bond donors (Lipinski definition) is 0. The Balaban J connectivity index is 2.31. The van der Waals surface area contributed by atoms with Crippen LogP contribution in [0.3, 0.4) is 0 Å². The Kier molecular flexibility index (Phi) is 3.97. The van der Waals surface area contributed by atoms with E-state index in [0.29, 0.717) is 23.0 Å². The fourth-order valence-electron chi connectivity index (χ4n) is 2.78. The summed E-state index contributed by atoms with van der Waals surface area (Å²) >= 11 is 5.59. The van der Waals surface area contributed by atoms with Crippen LogP contribution in [-0.4, -0.2) is 26.9 Å². The van der Waals surface area contributed by atoms with Gasteiger partial charge in [0.1, 0.15) is 0 Å². The molecule has 2 amide bonds. The summed E-state index contributed by atoms with van der Waals surface area (Å²) in [6.45, 7) is 0. The number of carbonyl (C=O) groups excluding carboxylic acids is 2. The zero-order chi connectivity index (χ0) is 16.6. The van der Waals surface area contributed by atoms with Crippen molar-refractivity contribution in [3.05, 3.63) is 34.2 Å². The number of nitrogens with zero attached hydrogens (tertiary/aromatic N) is 3. The van der Waals surface area contributed by atoms with Gasteiger partial charge in [0.15, 0.2) is 0 Å². The van der Waals surface area contributed by atoms with E-state index in [1.165, 1.54) is 4.57 Å². The van der Waals surface area contributed by atoms with Crippen molar-refractivity contribution >= 4 is 34.4 Å². The molecule has 0 spiro atoms. The van der Waals surface area contributed by atoms with Crippen LogP contribution in [0.4, 0.5) is 0 Å². The lowest BCUT2D eigenvalue weighted by Gasteiger charge is -2.25. The number of piperidine rings is 1. The number of alkyl halides is 1. The average molecular weight is 332 g/mol. The Hall–Kier alpha value is -2.52. The van der Waals surface area contributed by atoms with E-state index in [4.69, 9.17) is 11.6 Å². The van der Waals surface area contributed by atoms with Gasteiger partial charge in [-0.25, -0.2) is 4.79 Å². The van der Waals surface area contributed by atoms with E-state index in [1.54, 1.807) is 25.2 Å². The van der Waals surface area contributed by atoms with Gasteiger partial charge in [-0.05, 0) is 18.6 Å². The molecular formula is C16H14ClN3O3. The summed E-state index contributed by atoms with van der Waals surface area (Å²) in [6.07, 6.45) is 1.01. The molecule has 2 aromatic rings. The third kappa shape index (κ3) is 2.43. The van der Waals surface area contributed by atoms with Crippen molar-refractivity contribution in [2.75, 3.05) is 10.9 Å². The van der Waals surface area contributed by atoms with Gasteiger partial charge >= 0.3 is 5.69 Å². The predicted molar refractivity (Wildman–Crippen MR) is 86.9 cm³/mol. The summed E-state index contributed by atoms with van der Waals surface area (Å²) in [6, 6.07) is 5.19. The van der Waals surface area contributed by atoms with E-state index in [1.807, 2.05) is 0 Å². The summed E-state index contributed by atoms with van der Waals surface area (Å²) in [5, 5.41) is 0.951. The second kappa shape index (κ2) is 5.94. The zero-order valence-electron chi connectivity index (χ0n) is 12.5. The number of imidazole rings is 1. The standard InChI is InChI=1S/C16H14ClN3O3/c1-18-15-11(6-4-10-17)5-2-7-12(15)19(16(18)23)20-13(21)8-3-9-14(20)22/h2,5,7H,3,8-10H2,1H3. The van der Waals surface area contributed by atoms with Crippen LogP contribution >= 0.6 is 11.6 Å². The number of carbonyl (C=O) groups is 2. The van der Waals surface area contributed by atoms with Gasteiger partial charge in [0.2, 0.25) is 11.8 Å². The number of imide groups is 1. The number of para-hydroxylation sites is 1. The minimum atomic E-state index is -0.455. The van der Waals surface area contributed by atoms with Gasteiger partial charge < -0.3 is 0 Å². The number of halogens is 1. The molecule has 1 aromatic carbocycles. The van der Waals surface area contributed by atoms with Crippen molar-refractivity contribution in [1.82, 2.24) is 9.24 Å². The molecule has 1 aromatic heterocycles. The van der Waals surface area contributed by atoms with Gasteiger partial charge in [0.05, 0.1) is 22.5 Å². The highest BCUT2D eigenvalue weighted by molar-refractivity contribution is 6.19. The molecule has 0 bridgehead atoms. The van der Waals surface area contributed by atoms with Crippen LogP contribution < -0.4 is 10.7 Å². The van der Waals surface area contributed by atoms with Crippen molar-refractivity contribution < 1.29 is 9.59 Å². The third-order valence-corrected chi connectivity index (χ3v) is 3.92. The fourth-order valence-corrected chi connectivity index (χ4v) is 2.85. The maximum atomic E-state index is 12.6. The van der Waals surface area contributed by atoms with E-state index >= 15 is 0 Å². The number of aromatic nitrogens is 2. The molecule has 0 saturated carbocycles. The van der Waals surface area contributed by atoms with Gasteiger partial charge in [-0.2, -0.15) is 9.69 Å². The first-order valence-corrected chi connectivity index (χ1v) is 7.71. The van der Waals surface area contributed by atoms with Crippen molar-refractivity contribution in [2.24, 2.45) is 7.05 Å². The topological polar surface area (TPSA) is 64.3 Å². The van der Waals surface area contributed by atoms with Crippen LogP contribution in [0, 0.1) is 11.8 Å². The summed E-state index contributed by atoms with van der Waals surface area (Å²) in [7, 11) is 1.59. The molecule has 1 saturated heterocycles. The van der Waals surface area contributed by atoms with Gasteiger partial charge in [0, 0.05) is 19.9 Å². The normalized spacial score (nSPS) is 15.0. The molecule has 1 aliphatic rings. The fraction of sp³-hybridized carbons (Fsp3) is 0.312. The first-order chi connectivity index (χ1) is 11.1. The molecule has 2 heterocycles. The minimum Gasteiger partial charge on any atom is -0.292 e. The van der Waals surface area contributed by atoms with Crippen LogP contribution in [0.2, 0.25) is 0 Å². The minimum absolute atomic E-state index is 0.175. The van der Waals surface area contributed by atoms with Crippen LogP contribution in [0.5, 0.6) is 0 Å². The summed E-state index contributed by atoms with van der Waals surface area (Å²) in [4.78, 5) is 36.9. The first kappa shape index (κ1) is 15.4. The highest BCUT2D eigenvalue weighted by Crippen LogP contribution is 2.19. The Bertz CT molecular complexity index is 914. The van der Waals surface area contributed by atoms with Crippen molar-refractivity contribution in [3.8, 4) is 11.8 Å². The molecule has 0 atom stereocenters. The Morgan fingerprint density at radius 1 is 1.17 bits per heavy atom. The van der Waals surface area contributed by atoms with E-state index in [-0.39, 0.29) is 30.5 Å². The summed E-state index contributed by atoms with van der Waals surface area (Å²) in [5.74, 6) is 5.09. The number of aryl methyl sites for hydroxylation is 1. The van der Waals surface area contributed by atoms with Crippen molar-refractivity contribution in [3.63, 3.8) is 0 Å². The molecule has 3 rings (SSSR count). The molecule has 1 fully saturated rings. The van der Waals surface area contributed by atoms with Gasteiger partial charge in [-0.3, -0.25) is 14.2 Å². The smallest absolute Gasteiger partial charge is 0.292 e. The summed E-state index contributed by atoms with van der Waals surface area (Å²) < 4.78 is 2.54. The van der Waals surface area contributed by atoms with Crippen LogP contribution in [0.15, 0.2) is 23.0 Å². The maximum Gasteiger partial charge on any atom is 0.348 e. The molecule has 118 valence electrons. The van der Waals surface area contributed by atoms with E-state index in [9.17, 15) is 14.4 Å². The lowest BCUT2D eigenvalue weighted by Crippen LogP contribution is -2.52. The molecule has 7 heteroatoms. The average Bonchev–Trinajstić information content (AvgIpc) is 2.78. The zero-order valence-corrected chi connectivity index (χ0v) is 13.3. The molecule has 0 N–H and O–H groups in total. The van der Waals surface area contributed by atoms with Crippen molar-refractivity contribution in [2.45, 2.75) is 19.3 Å². The maximum absolute atomic E-state index is 12.6. The van der Waals surface area contributed by atoms with Crippen LogP contribution in [0.25, 0.3) is 11.0 Å². The van der Waals surface area contributed by atoms with Gasteiger partial charge in [-0.1, -0.05) is 17.9 Å². The number of benzene rings is 1. The van der Waals surface area contributed by atoms with E-state index in [2.05, 4.69) is 11.8 Å². The van der Waals surface area contributed by atoms with Gasteiger partial charge in [0.25, 0.3) is 0 Å². The number of hydrogen-bond acceptors (Lipinski definition) is 3. The van der Waals surface area contributed by atoms with Crippen LogP contribution in [0.1, 0.15) is 24.8 Å².